The molecular formula is C19H20N4OS. The van der Waals surface area contributed by atoms with E-state index in [0.717, 1.165) is 35.0 Å². The summed E-state index contributed by atoms with van der Waals surface area (Å²) in [5.74, 6) is 0.585. The third-order valence-corrected chi connectivity index (χ3v) is 4.62. The van der Waals surface area contributed by atoms with Gasteiger partial charge in [0.05, 0.1) is 10.6 Å². The maximum absolute atomic E-state index is 12.2. The molecule has 0 aliphatic heterocycles. The van der Waals surface area contributed by atoms with Crippen molar-refractivity contribution in [2.24, 2.45) is 0 Å². The molecule has 0 unspecified atom stereocenters. The number of benzene rings is 1. The Morgan fingerprint density at radius 3 is 2.48 bits per heavy atom. The first-order valence-electron chi connectivity index (χ1n) is 8.09. The van der Waals surface area contributed by atoms with Crippen LogP contribution in [0, 0.1) is 13.8 Å². The highest BCUT2D eigenvalue weighted by Gasteiger charge is 2.07. The first-order valence-corrected chi connectivity index (χ1v) is 8.91. The summed E-state index contributed by atoms with van der Waals surface area (Å²) >= 11 is 1.71. The Morgan fingerprint density at radius 1 is 1.04 bits per heavy atom. The van der Waals surface area contributed by atoms with E-state index in [-0.39, 0.29) is 5.91 Å². The normalized spacial score (nSPS) is 10.5. The molecule has 0 aliphatic carbocycles. The average Bonchev–Trinajstić information content (AvgIpc) is 3.03. The molecule has 5 nitrogen and oxygen atoms in total. The Kier molecular flexibility index (Phi) is 5.40. The van der Waals surface area contributed by atoms with Crippen LogP contribution >= 0.6 is 11.3 Å². The number of carbonyl (C=O) groups excluding carboxylic acids is 1. The van der Waals surface area contributed by atoms with Crippen LogP contribution in [0.5, 0.6) is 0 Å². The number of nitrogens with zero attached hydrogens (tertiary/aromatic N) is 2. The predicted molar refractivity (Wildman–Crippen MR) is 102 cm³/mol. The SMILES string of the molecule is Cc1ccc(NC(=O)c2ccc(NCCc3ncc(C)s3)nc2)cc1. The fourth-order valence-electron chi connectivity index (χ4n) is 2.29. The van der Waals surface area contributed by atoms with Gasteiger partial charge in [-0.25, -0.2) is 9.97 Å². The van der Waals surface area contributed by atoms with Crippen LogP contribution < -0.4 is 10.6 Å². The second-order valence-electron chi connectivity index (χ2n) is 5.79. The van der Waals surface area contributed by atoms with Gasteiger partial charge in [-0.1, -0.05) is 17.7 Å². The smallest absolute Gasteiger partial charge is 0.257 e. The third-order valence-electron chi connectivity index (χ3n) is 3.65. The zero-order chi connectivity index (χ0) is 17.6. The molecule has 2 N–H and O–H groups in total. The van der Waals surface area contributed by atoms with Crippen molar-refractivity contribution < 1.29 is 4.79 Å². The summed E-state index contributed by atoms with van der Waals surface area (Å²) in [5, 5.41) is 7.22. The summed E-state index contributed by atoms with van der Waals surface area (Å²) in [6, 6.07) is 11.3. The van der Waals surface area contributed by atoms with Crippen LogP contribution in [0.2, 0.25) is 0 Å². The van der Waals surface area contributed by atoms with Crippen LogP contribution in [-0.2, 0) is 6.42 Å². The van der Waals surface area contributed by atoms with Gasteiger partial charge in [0.1, 0.15) is 5.82 Å². The first-order chi connectivity index (χ1) is 12.1. The van der Waals surface area contributed by atoms with Gasteiger partial charge in [-0.05, 0) is 38.1 Å². The fraction of sp³-hybridized carbons (Fsp3) is 0.211. The second-order valence-corrected chi connectivity index (χ2v) is 7.11. The Labute approximate surface area is 151 Å². The van der Waals surface area contributed by atoms with Crippen molar-refractivity contribution in [3.8, 4) is 0 Å². The van der Waals surface area contributed by atoms with Crippen molar-refractivity contribution in [3.05, 3.63) is 69.8 Å². The van der Waals surface area contributed by atoms with E-state index in [2.05, 4.69) is 27.5 Å². The number of rotatable bonds is 6. The minimum Gasteiger partial charge on any atom is -0.370 e. The number of hydrogen-bond acceptors (Lipinski definition) is 5. The van der Waals surface area contributed by atoms with E-state index in [1.807, 2.05) is 43.5 Å². The van der Waals surface area contributed by atoms with Crippen molar-refractivity contribution in [1.82, 2.24) is 9.97 Å². The van der Waals surface area contributed by atoms with Gasteiger partial charge in [-0.3, -0.25) is 4.79 Å². The lowest BCUT2D eigenvalue weighted by atomic mass is 10.2. The summed E-state index contributed by atoms with van der Waals surface area (Å²) in [6.07, 6.45) is 4.33. The zero-order valence-corrected chi connectivity index (χ0v) is 15.1. The van der Waals surface area contributed by atoms with Crippen LogP contribution in [-0.4, -0.2) is 22.4 Å². The molecule has 0 atom stereocenters. The third kappa shape index (κ3) is 4.87. The number of thiazole rings is 1. The highest BCUT2D eigenvalue weighted by molar-refractivity contribution is 7.11. The number of amides is 1. The maximum atomic E-state index is 12.2. The number of aromatic nitrogens is 2. The fourth-order valence-corrected chi connectivity index (χ4v) is 3.07. The molecule has 128 valence electrons. The van der Waals surface area contributed by atoms with Gasteiger partial charge >= 0.3 is 0 Å². The van der Waals surface area contributed by atoms with E-state index < -0.39 is 0 Å². The number of carbonyl (C=O) groups is 1. The van der Waals surface area contributed by atoms with Gasteiger partial charge in [-0.2, -0.15) is 0 Å². The molecule has 0 radical (unpaired) electrons. The quantitative estimate of drug-likeness (QED) is 0.702. The molecule has 0 bridgehead atoms. The van der Waals surface area contributed by atoms with Crippen molar-refractivity contribution in [2.75, 3.05) is 17.2 Å². The van der Waals surface area contributed by atoms with Gasteiger partial charge < -0.3 is 10.6 Å². The molecule has 3 rings (SSSR count). The molecule has 0 spiro atoms. The van der Waals surface area contributed by atoms with Crippen LogP contribution in [0.4, 0.5) is 11.5 Å². The van der Waals surface area contributed by atoms with Crippen molar-refractivity contribution in [3.63, 3.8) is 0 Å². The van der Waals surface area contributed by atoms with Crippen molar-refractivity contribution >= 4 is 28.7 Å². The first kappa shape index (κ1) is 17.1. The van der Waals surface area contributed by atoms with Crippen molar-refractivity contribution in [1.29, 1.82) is 0 Å². The summed E-state index contributed by atoms with van der Waals surface area (Å²) in [4.78, 5) is 22.1. The van der Waals surface area contributed by atoms with Gasteiger partial charge in [0.15, 0.2) is 0 Å². The molecule has 0 saturated heterocycles. The van der Waals surface area contributed by atoms with Gasteiger partial charge in [0, 0.05) is 35.9 Å². The van der Waals surface area contributed by atoms with Crippen LogP contribution in [0.25, 0.3) is 0 Å². The van der Waals surface area contributed by atoms with Crippen LogP contribution in [0.3, 0.4) is 0 Å². The number of nitrogens with one attached hydrogen (secondary N) is 2. The Hall–Kier alpha value is -2.73. The molecule has 3 aromatic rings. The number of aryl methyl sites for hydroxylation is 2. The predicted octanol–water partition coefficient (Wildman–Crippen LogP) is 4.06. The monoisotopic (exact) mass is 352 g/mol. The molecular weight excluding hydrogens is 332 g/mol. The van der Waals surface area contributed by atoms with Gasteiger partial charge in [0.2, 0.25) is 0 Å². The number of anilines is 2. The standard InChI is InChI=1S/C19H20N4OS/c1-13-3-6-16(7-4-13)23-19(24)15-5-8-17(21-12-15)20-10-9-18-22-11-14(2)25-18/h3-8,11-12H,9-10H2,1-2H3,(H,20,21)(H,23,24). The largest absolute Gasteiger partial charge is 0.370 e. The molecule has 2 aromatic heterocycles. The Balaban J connectivity index is 1.52. The van der Waals surface area contributed by atoms with E-state index >= 15 is 0 Å². The molecule has 1 amide bonds. The van der Waals surface area contributed by atoms with Crippen LogP contribution in [0.15, 0.2) is 48.8 Å². The lowest BCUT2D eigenvalue weighted by Crippen LogP contribution is -2.13. The zero-order valence-electron chi connectivity index (χ0n) is 14.2. The minimum atomic E-state index is -0.166. The summed E-state index contributed by atoms with van der Waals surface area (Å²) in [6.45, 7) is 4.82. The maximum Gasteiger partial charge on any atom is 0.257 e. The molecule has 0 saturated carbocycles. The van der Waals surface area contributed by atoms with E-state index in [4.69, 9.17) is 0 Å². The Morgan fingerprint density at radius 2 is 1.84 bits per heavy atom. The summed E-state index contributed by atoms with van der Waals surface area (Å²) < 4.78 is 0. The molecule has 25 heavy (non-hydrogen) atoms. The summed E-state index contributed by atoms with van der Waals surface area (Å²) in [7, 11) is 0. The van der Waals surface area contributed by atoms with Crippen LogP contribution in [0.1, 0.15) is 25.8 Å². The molecule has 2 heterocycles. The second kappa shape index (κ2) is 7.90. The van der Waals surface area contributed by atoms with E-state index in [9.17, 15) is 4.79 Å². The highest BCUT2D eigenvalue weighted by atomic mass is 32.1. The number of hydrogen-bond donors (Lipinski definition) is 2. The van der Waals surface area contributed by atoms with Gasteiger partial charge in [-0.15, -0.1) is 11.3 Å². The lowest BCUT2D eigenvalue weighted by Gasteiger charge is -2.07. The van der Waals surface area contributed by atoms with E-state index in [1.54, 1.807) is 23.6 Å². The average molecular weight is 352 g/mol. The minimum absolute atomic E-state index is 0.166. The van der Waals surface area contributed by atoms with Gasteiger partial charge in [0.25, 0.3) is 5.91 Å². The topological polar surface area (TPSA) is 66.9 Å². The number of pyridine rings is 1. The molecule has 0 aliphatic rings. The molecule has 6 heteroatoms. The van der Waals surface area contributed by atoms with E-state index in [0.29, 0.717) is 5.56 Å². The molecule has 1 aromatic carbocycles. The summed E-state index contributed by atoms with van der Waals surface area (Å²) in [5.41, 5.74) is 2.46. The lowest BCUT2D eigenvalue weighted by molar-refractivity contribution is 0.102. The highest BCUT2D eigenvalue weighted by Crippen LogP contribution is 2.13. The Bertz CT molecular complexity index is 841. The van der Waals surface area contributed by atoms with E-state index in [1.165, 1.54) is 4.88 Å². The van der Waals surface area contributed by atoms with Crippen molar-refractivity contribution in [2.45, 2.75) is 20.3 Å². The molecule has 0 fully saturated rings.